The van der Waals surface area contributed by atoms with Gasteiger partial charge in [0.25, 0.3) is 5.91 Å². The van der Waals surface area contributed by atoms with E-state index in [4.69, 9.17) is 16.3 Å². The van der Waals surface area contributed by atoms with E-state index in [0.717, 1.165) is 0 Å². The first-order valence-corrected chi connectivity index (χ1v) is 5.26. The fourth-order valence-corrected chi connectivity index (χ4v) is 1.30. The van der Waals surface area contributed by atoms with Crippen molar-refractivity contribution in [1.82, 2.24) is 5.32 Å². The van der Waals surface area contributed by atoms with E-state index in [1.165, 1.54) is 0 Å². The highest BCUT2D eigenvalue weighted by atomic mass is 16.5. The second-order valence-electron chi connectivity index (χ2n) is 3.45. The van der Waals surface area contributed by atoms with Crippen LogP contribution in [0.25, 0.3) is 0 Å². The first kappa shape index (κ1) is 13.6. The van der Waals surface area contributed by atoms with Crippen LogP contribution in [0.1, 0.15) is 5.56 Å². The molecule has 1 rings (SSSR count). The number of aliphatic carboxylic acids is 1. The Morgan fingerprint density at radius 3 is 2.78 bits per heavy atom. The van der Waals surface area contributed by atoms with E-state index in [2.05, 4.69) is 11.2 Å². The third-order valence-corrected chi connectivity index (χ3v) is 2.06. The van der Waals surface area contributed by atoms with Gasteiger partial charge in [-0.1, -0.05) is 24.1 Å². The minimum Gasteiger partial charge on any atom is -0.483 e. The Balaban J connectivity index is 2.59. The van der Waals surface area contributed by atoms with Crippen molar-refractivity contribution in [2.24, 2.45) is 0 Å². The summed E-state index contributed by atoms with van der Waals surface area (Å²) in [5.41, 5.74) is 0.523. The van der Waals surface area contributed by atoms with E-state index < -0.39 is 5.97 Å². The van der Waals surface area contributed by atoms with Gasteiger partial charge < -0.3 is 15.2 Å². The van der Waals surface area contributed by atoms with Gasteiger partial charge in [-0.05, 0) is 6.07 Å². The molecule has 0 radical (unpaired) electrons. The SMILES string of the molecule is C#CCNC(=O)COc1ccccc1CC(=O)O. The molecule has 5 nitrogen and oxygen atoms in total. The topological polar surface area (TPSA) is 75.6 Å². The highest BCUT2D eigenvalue weighted by Crippen LogP contribution is 2.18. The molecule has 0 heterocycles. The average Bonchev–Trinajstić information content (AvgIpc) is 2.34. The molecular formula is C13H13NO4. The van der Waals surface area contributed by atoms with Gasteiger partial charge in [-0.2, -0.15) is 0 Å². The van der Waals surface area contributed by atoms with E-state index in [0.29, 0.717) is 11.3 Å². The van der Waals surface area contributed by atoms with E-state index in [1.54, 1.807) is 24.3 Å². The van der Waals surface area contributed by atoms with Gasteiger partial charge >= 0.3 is 5.97 Å². The Morgan fingerprint density at radius 1 is 1.39 bits per heavy atom. The van der Waals surface area contributed by atoms with Crippen LogP contribution >= 0.6 is 0 Å². The molecule has 0 bridgehead atoms. The molecule has 18 heavy (non-hydrogen) atoms. The molecule has 5 heteroatoms. The molecule has 1 aromatic carbocycles. The molecule has 0 unspecified atom stereocenters. The van der Waals surface area contributed by atoms with Gasteiger partial charge in [-0.25, -0.2) is 0 Å². The number of carbonyl (C=O) groups excluding carboxylic acids is 1. The predicted molar refractivity (Wildman–Crippen MR) is 65.1 cm³/mol. The number of rotatable bonds is 6. The van der Waals surface area contributed by atoms with Crippen LogP contribution in [0, 0.1) is 12.3 Å². The van der Waals surface area contributed by atoms with Crippen LogP contribution < -0.4 is 10.1 Å². The van der Waals surface area contributed by atoms with Crippen molar-refractivity contribution in [1.29, 1.82) is 0 Å². The van der Waals surface area contributed by atoms with E-state index in [1.807, 2.05) is 0 Å². The maximum absolute atomic E-state index is 11.3. The molecule has 0 fully saturated rings. The minimum atomic E-state index is -0.956. The first-order valence-electron chi connectivity index (χ1n) is 5.26. The number of hydrogen-bond donors (Lipinski definition) is 2. The minimum absolute atomic E-state index is 0.138. The van der Waals surface area contributed by atoms with Crippen LogP contribution in [-0.2, 0) is 16.0 Å². The van der Waals surface area contributed by atoms with Crippen molar-refractivity contribution in [3.05, 3.63) is 29.8 Å². The summed E-state index contributed by atoms with van der Waals surface area (Å²) in [5.74, 6) is 1.35. The van der Waals surface area contributed by atoms with Gasteiger partial charge in [0.1, 0.15) is 5.75 Å². The quantitative estimate of drug-likeness (QED) is 0.715. The van der Waals surface area contributed by atoms with Crippen molar-refractivity contribution < 1.29 is 19.4 Å². The summed E-state index contributed by atoms with van der Waals surface area (Å²) < 4.78 is 5.25. The largest absolute Gasteiger partial charge is 0.483 e. The van der Waals surface area contributed by atoms with E-state index >= 15 is 0 Å². The highest BCUT2D eigenvalue weighted by Gasteiger charge is 2.08. The van der Waals surface area contributed by atoms with Gasteiger partial charge in [0.2, 0.25) is 0 Å². The van der Waals surface area contributed by atoms with Crippen molar-refractivity contribution >= 4 is 11.9 Å². The van der Waals surface area contributed by atoms with Crippen LogP contribution in [-0.4, -0.2) is 30.1 Å². The molecule has 0 atom stereocenters. The second-order valence-corrected chi connectivity index (χ2v) is 3.45. The van der Waals surface area contributed by atoms with Crippen LogP contribution in [0.2, 0.25) is 0 Å². The van der Waals surface area contributed by atoms with Crippen LogP contribution in [0.15, 0.2) is 24.3 Å². The maximum Gasteiger partial charge on any atom is 0.307 e. The van der Waals surface area contributed by atoms with Crippen molar-refractivity contribution in [3.8, 4) is 18.1 Å². The molecule has 0 saturated carbocycles. The Morgan fingerprint density at radius 2 is 2.11 bits per heavy atom. The molecule has 94 valence electrons. The van der Waals surface area contributed by atoms with Gasteiger partial charge in [-0.3, -0.25) is 9.59 Å². The number of nitrogens with one attached hydrogen (secondary N) is 1. The number of carboxylic acids is 1. The number of terminal acetylenes is 1. The first-order chi connectivity index (χ1) is 8.63. The second kappa shape index (κ2) is 6.97. The normalized spacial score (nSPS) is 9.28. The monoisotopic (exact) mass is 247 g/mol. The van der Waals surface area contributed by atoms with Gasteiger partial charge in [0.15, 0.2) is 6.61 Å². The lowest BCUT2D eigenvalue weighted by Crippen LogP contribution is -2.29. The summed E-state index contributed by atoms with van der Waals surface area (Å²) >= 11 is 0. The number of para-hydroxylation sites is 1. The summed E-state index contributed by atoms with van der Waals surface area (Å²) in [6.45, 7) is -0.0583. The fraction of sp³-hybridized carbons (Fsp3) is 0.231. The average molecular weight is 247 g/mol. The number of benzene rings is 1. The molecule has 1 amide bonds. The van der Waals surface area contributed by atoms with Crippen molar-refractivity contribution in [3.63, 3.8) is 0 Å². The zero-order valence-corrected chi connectivity index (χ0v) is 9.68. The number of carbonyl (C=O) groups is 2. The smallest absolute Gasteiger partial charge is 0.307 e. The predicted octanol–water partition coefficient (Wildman–Crippen LogP) is 0.442. The Labute approximate surface area is 105 Å². The van der Waals surface area contributed by atoms with Crippen molar-refractivity contribution in [2.75, 3.05) is 13.2 Å². The molecule has 1 aromatic rings. The lowest BCUT2D eigenvalue weighted by Gasteiger charge is -2.09. The summed E-state index contributed by atoms with van der Waals surface area (Å²) in [7, 11) is 0. The molecule has 0 spiro atoms. The van der Waals surface area contributed by atoms with Crippen LogP contribution in [0.4, 0.5) is 0 Å². The Hall–Kier alpha value is -2.48. The zero-order valence-electron chi connectivity index (χ0n) is 9.68. The Kier molecular flexibility index (Phi) is 5.26. The molecular weight excluding hydrogens is 234 g/mol. The number of hydrogen-bond acceptors (Lipinski definition) is 3. The van der Waals surface area contributed by atoms with Gasteiger partial charge in [0.05, 0.1) is 13.0 Å². The van der Waals surface area contributed by atoms with Gasteiger partial charge in [0, 0.05) is 5.56 Å². The fourth-order valence-electron chi connectivity index (χ4n) is 1.30. The van der Waals surface area contributed by atoms with Crippen LogP contribution in [0.3, 0.4) is 0 Å². The van der Waals surface area contributed by atoms with Crippen molar-refractivity contribution in [2.45, 2.75) is 6.42 Å². The summed E-state index contributed by atoms with van der Waals surface area (Å²) in [4.78, 5) is 21.9. The van der Waals surface area contributed by atoms with Crippen LogP contribution in [0.5, 0.6) is 5.75 Å². The molecule has 0 aliphatic carbocycles. The number of amides is 1. The lowest BCUT2D eigenvalue weighted by molar-refractivity contribution is -0.136. The molecule has 0 saturated heterocycles. The zero-order chi connectivity index (χ0) is 13.4. The van der Waals surface area contributed by atoms with E-state index in [9.17, 15) is 9.59 Å². The Bertz CT molecular complexity index is 476. The maximum atomic E-state index is 11.3. The number of carboxylic acid groups (broad SMARTS) is 1. The molecule has 0 aromatic heterocycles. The van der Waals surface area contributed by atoms with Gasteiger partial charge in [-0.15, -0.1) is 6.42 Å². The summed E-state index contributed by atoms with van der Waals surface area (Å²) in [6.07, 6.45) is 4.84. The lowest BCUT2D eigenvalue weighted by atomic mass is 10.1. The molecule has 2 N–H and O–H groups in total. The third kappa shape index (κ3) is 4.58. The summed E-state index contributed by atoms with van der Waals surface area (Å²) in [5, 5.41) is 11.2. The standard InChI is InChI=1S/C13H13NO4/c1-2-7-14-12(15)9-18-11-6-4-3-5-10(11)8-13(16)17/h1,3-6H,7-9H2,(H,14,15)(H,16,17). The number of ether oxygens (including phenoxy) is 1. The third-order valence-electron chi connectivity index (χ3n) is 2.06. The molecule has 0 aliphatic heterocycles. The van der Waals surface area contributed by atoms with E-state index in [-0.39, 0.29) is 25.5 Å². The summed E-state index contributed by atoms with van der Waals surface area (Å²) in [6, 6.07) is 6.68. The molecule has 0 aliphatic rings. The highest BCUT2D eigenvalue weighted by molar-refractivity contribution is 5.78.